The largest absolute Gasteiger partial charge is 1.00 e. The summed E-state index contributed by atoms with van der Waals surface area (Å²) in [5.41, 5.74) is 12.5. The number of halogens is 5. The normalized spacial score (nSPS) is 10.1. The monoisotopic (exact) mass is 1430 g/mol. The highest BCUT2D eigenvalue weighted by Crippen LogP contribution is 2.35. The number of aliphatic hydroxyl groups excluding tert-OH is 1. The summed E-state index contributed by atoms with van der Waals surface area (Å²) >= 11 is 14.0. The lowest BCUT2D eigenvalue weighted by Crippen LogP contribution is -3.00. The third-order valence-electron chi connectivity index (χ3n) is 11.4. The number of benzene rings is 7. The molecular formula is C69H59Br5N4O6. The number of hydrogen-bond acceptors (Lipinski definition) is 8. The minimum absolute atomic E-state index is 0. The Bertz CT molecular complexity index is 3580. The zero-order valence-corrected chi connectivity index (χ0v) is 53.7. The fraction of sp³-hybridized carbons (Fsp3) is 0.0580. The van der Waals surface area contributed by atoms with Crippen molar-refractivity contribution >= 4 is 99.2 Å². The first-order valence-electron chi connectivity index (χ1n) is 25.6. The van der Waals surface area contributed by atoms with Crippen molar-refractivity contribution in [1.82, 2.24) is 16.1 Å². The molecule has 0 aliphatic rings. The van der Waals surface area contributed by atoms with Crippen molar-refractivity contribution in [1.29, 1.82) is 0 Å². The average molecular weight is 1440 g/mol. The molecule has 0 saturated heterocycles. The van der Waals surface area contributed by atoms with Crippen LogP contribution in [0.15, 0.2) is 273 Å². The molecule has 0 spiro atoms. The number of hydrogen-bond donors (Lipinski definition) is 3. The topological polar surface area (TPSA) is 173 Å². The van der Waals surface area contributed by atoms with Crippen molar-refractivity contribution in [3.05, 3.63) is 290 Å². The molecule has 10 rings (SSSR count). The number of nitrogens with zero attached hydrogens (tertiary/aromatic N) is 3. The number of carboxylic acids is 1. The average Bonchev–Trinajstić information content (AvgIpc) is 2.42. The summed E-state index contributed by atoms with van der Waals surface area (Å²) in [4.78, 5) is 54.6. The lowest BCUT2D eigenvalue weighted by Gasteiger charge is -2.13. The maximum absolute atomic E-state index is 11.8. The van der Waals surface area contributed by atoms with Gasteiger partial charge in [0.1, 0.15) is 0 Å². The predicted molar refractivity (Wildman–Crippen MR) is 349 cm³/mol. The van der Waals surface area contributed by atoms with E-state index in [1.165, 1.54) is 12.2 Å². The van der Waals surface area contributed by atoms with Gasteiger partial charge in [0, 0.05) is 60.2 Å². The second-order valence-electron chi connectivity index (χ2n) is 17.7. The van der Waals surface area contributed by atoms with E-state index in [0.717, 1.165) is 97.7 Å². The van der Waals surface area contributed by atoms with Crippen LogP contribution in [0.2, 0.25) is 0 Å². The first-order chi connectivity index (χ1) is 39.7. The number of carbonyl (C=O) groups excluding carboxylic acids is 3. The fourth-order valence-electron chi connectivity index (χ4n) is 7.66. The third-order valence-corrected chi connectivity index (χ3v) is 13.3. The van der Waals surface area contributed by atoms with E-state index in [1.54, 1.807) is 19.1 Å². The van der Waals surface area contributed by atoms with Crippen LogP contribution < -0.4 is 27.7 Å². The van der Waals surface area contributed by atoms with E-state index in [9.17, 15) is 14.4 Å². The third kappa shape index (κ3) is 23.5. The maximum atomic E-state index is 11.8. The van der Waals surface area contributed by atoms with Gasteiger partial charge >= 0.3 is 0 Å². The molecule has 3 heterocycles. The van der Waals surface area contributed by atoms with Gasteiger partial charge in [-0.2, -0.15) is 4.57 Å². The first kappa shape index (κ1) is 68.8. The molecule has 0 radical (unpaired) electrons. The van der Waals surface area contributed by atoms with Gasteiger partial charge in [0.2, 0.25) is 23.9 Å². The number of aromatic nitrogens is 3. The van der Waals surface area contributed by atoms with Crippen molar-refractivity contribution < 1.29 is 50.9 Å². The van der Waals surface area contributed by atoms with Crippen LogP contribution in [0.4, 0.5) is 0 Å². The standard InChI is InChI=1S/C34H22Br2N2.C18H12Br2O2.C13H12NO.C2H4O2.C2H6O.BrH.H3N/c35-29-15-7-13-25(17-29)27-19-31(23-9-3-1-4-10-23)37-33(21-27)34-22-28(26-14-8-16-30(36)18-26)20-32(38-34)24-11-5-2-6-12-24;19-15-5-1-3-13(11-15)7-9-17(21)18(22)10-8-14-4-2-6-16(20)12-14;15-13(12-7-3-1-4-8-12)11-14-9-5-2-6-10-14;1-2(3)4;1-2-3;;/h1-22H;1-12H;1-10H,11H2;1H3,(H,3,4);3H,2H2,1H3;1H;1H3/q;;+1;;;;/p-1/b;9-7+,10-8+;;;;;. The molecule has 7 aromatic carbocycles. The molecule has 0 aliphatic carbocycles. The molecule has 10 nitrogen and oxygen atoms in total. The van der Waals surface area contributed by atoms with Crippen LogP contribution in [0.25, 0.3) is 68.3 Å². The lowest BCUT2D eigenvalue weighted by atomic mass is 9.99. The Morgan fingerprint density at radius 1 is 0.440 bits per heavy atom. The summed E-state index contributed by atoms with van der Waals surface area (Å²) in [5.74, 6) is -1.80. The molecule has 426 valence electrons. The number of carboxylic acid groups (broad SMARTS) is 1. The number of aliphatic carboxylic acids is 1. The van der Waals surface area contributed by atoms with Crippen molar-refractivity contribution in [3.8, 4) is 56.2 Å². The van der Waals surface area contributed by atoms with Gasteiger partial charge in [0.05, 0.1) is 22.8 Å². The number of rotatable bonds is 13. The Morgan fingerprint density at radius 2 is 0.762 bits per heavy atom. The first-order valence-corrected chi connectivity index (χ1v) is 28.8. The molecule has 15 heteroatoms. The molecular weight excluding hydrogens is 1380 g/mol. The molecule has 0 saturated carbocycles. The molecule has 3 aromatic heterocycles. The molecule has 5 N–H and O–H groups in total. The fourth-order valence-corrected chi connectivity index (χ4v) is 9.29. The lowest BCUT2D eigenvalue weighted by molar-refractivity contribution is -0.683. The number of Topliss-reactive ketones (excluding diaryl/α,β-unsaturated/α-hetero) is 1. The SMILES string of the molecule is Brc1cccc(-c2cc(-c3ccccc3)nc(-c3cc(-c4cccc(Br)c4)cc(-c4ccccc4)n3)c2)c1.CC(=O)O.CCO.N.O=C(/C=C/c1cccc(Br)c1)C(=O)/C=C/c1cccc(Br)c1.O=C(C[n+]1ccccc1)c1ccccc1.[Br-]. The van der Waals surface area contributed by atoms with E-state index >= 15 is 0 Å². The predicted octanol–water partition coefficient (Wildman–Crippen LogP) is 14.5. The number of allylic oxidation sites excluding steroid dienone is 2. The van der Waals surface area contributed by atoms with E-state index in [1.807, 2.05) is 163 Å². The van der Waals surface area contributed by atoms with Gasteiger partial charge in [0.25, 0.3) is 5.97 Å². The minimum Gasteiger partial charge on any atom is -1.00 e. The van der Waals surface area contributed by atoms with E-state index in [0.29, 0.717) is 6.54 Å². The minimum atomic E-state index is -0.833. The van der Waals surface area contributed by atoms with Gasteiger partial charge in [-0.05, 0) is 125 Å². The van der Waals surface area contributed by atoms with Gasteiger partial charge in [0.15, 0.2) is 12.4 Å². The van der Waals surface area contributed by atoms with Gasteiger partial charge < -0.3 is 33.3 Å². The Morgan fingerprint density at radius 3 is 1.13 bits per heavy atom. The molecule has 0 bridgehead atoms. The Labute approximate surface area is 534 Å². The summed E-state index contributed by atoms with van der Waals surface area (Å²) in [6.45, 7) is 3.41. The van der Waals surface area contributed by atoms with Crippen molar-refractivity contribution in [2.75, 3.05) is 6.61 Å². The van der Waals surface area contributed by atoms with Crippen molar-refractivity contribution in [2.24, 2.45) is 0 Å². The molecule has 0 amide bonds. The molecule has 0 unspecified atom stereocenters. The zero-order valence-electron chi connectivity index (χ0n) is 45.8. The van der Waals surface area contributed by atoms with Crippen LogP contribution in [-0.2, 0) is 20.9 Å². The highest BCUT2D eigenvalue weighted by Gasteiger charge is 2.15. The van der Waals surface area contributed by atoms with E-state index in [-0.39, 0.29) is 35.5 Å². The van der Waals surface area contributed by atoms with E-state index in [4.69, 9.17) is 25.0 Å². The highest BCUT2D eigenvalue weighted by atomic mass is 79.9. The maximum Gasteiger partial charge on any atom is 0.300 e. The van der Waals surface area contributed by atoms with Crippen LogP contribution >= 0.6 is 63.7 Å². The van der Waals surface area contributed by atoms with Crippen LogP contribution in [0.3, 0.4) is 0 Å². The second kappa shape index (κ2) is 36.8. The number of pyridine rings is 3. The van der Waals surface area contributed by atoms with Crippen molar-refractivity contribution in [2.45, 2.75) is 20.4 Å². The summed E-state index contributed by atoms with van der Waals surface area (Å²) in [6, 6.07) is 76.0. The zero-order chi connectivity index (χ0) is 58.6. The molecule has 0 fully saturated rings. The van der Waals surface area contributed by atoms with Crippen LogP contribution in [0.1, 0.15) is 35.3 Å². The summed E-state index contributed by atoms with van der Waals surface area (Å²) in [6.07, 6.45) is 9.60. The van der Waals surface area contributed by atoms with Crippen molar-refractivity contribution in [3.63, 3.8) is 0 Å². The number of carbonyl (C=O) groups is 4. The summed E-state index contributed by atoms with van der Waals surface area (Å²) in [7, 11) is 0. The Kier molecular flexibility index (Phi) is 30.1. The summed E-state index contributed by atoms with van der Waals surface area (Å²) < 4.78 is 5.78. The second-order valence-corrected chi connectivity index (χ2v) is 21.3. The Hall–Kier alpha value is -7.73. The van der Waals surface area contributed by atoms with Gasteiger partial charge in [-0.15, -0.1) is 0 Å². The molecule has 0 atom stereocenters. The van der Waals surface area contributed by atoms with Gasteiger partial charge in [-0.1, -0.05) is 221 Å². The van der Waals surface area contributed by atoms with Crippen LogP contribution in [-0.4, -0.2) is 50.1 Å². The smallest absolute Gasteiger partial charge is 0.300 e. The van der Waals surface area contributed by atoms with E-state index in [2.05, 4.69) is 149 Å². The van der Waals surface area contributed by atoms with Gasteiger partial charge in [-0.3, -0.25) is 19.2 Å². The quantitative estimate of drug-likeness (QED) is 0.0439. The summed E-state index contributed by atoms with van der Waals surface area (Å²) in [5, 5.41) is 15.0. The number of ketones is 3. The molecule has 84 heavy (non-hydrogen) atoms. The van der Waals surface area contributed by atoms with Crippen LogP contribution in [0, 0.1) is 0 Å². The highest BCUT2D eigenvalue weighted by molar-refractivity contribution is 9.11. The van der Waals surface area contributed by atoms with E-state index < -0.39 is 17.5 Å². The van der Waals surface area contributed by atoms with Gasteiger partial charge in [-0.25, -0.2) is 9.97 Å². The molecule has 10 aromatic rings. The molecule has 0 aliphatic heterocycles. The number of aliphatic hydroxyl groups is 1. The van der Waals surface area contributed by atoms with Crippen LogP contribution in [0.5, 0.6) is 0 Å². The Balaban J connectivity index is 0.000000278.